The zero-order chi connectivity index (χ0) is 22.4. The molecule has 1 atom stereocenters. The Morgan fingerprint density at radius 2 is 2.03 bits per heavy atom. The van der Waals surface area contributed by atoms with Gasteiger partial charge in [0.25, 0.3) is 0 Å². The molecule has 10 heteroatoms. The molecule has 0 radical (unpaired) electrons. The molecule has 2 aromatic carbocycles. The number of anilines is 1. The molecule has 31 heavy (non-hydrogen) atoms. The molecule has 1 unspecified atom stereocenters. The van der Waals surface area contributed by atoms with Gasteiger partial charge in [-0.2, -0.15) is 0 Å². The van der Waals surface area contributed by atoms with Crippen molar-refractivity contribution in [2.45, 2.75) is 25.1 Å². The van der Waals surface area contributed by atoms with Crippen molar-refractivity contribution in [2.24, 2.45) is 7.05 Å². The summed E-state index contributed by atoms with van der Waals surface area (Å²) in [7, 11) is 1.78. The molecule has 0 aliphatic heterocycles. The number of halogens is 2. The molecule has 0 saturated heterocycles. The second kappa shape index (κ2) is 10.5. The molecule has 1 aromatic heterocycles. The van der Waals surface area contributed by atoms with Crippen LogP contribution >= 0.6 is 23.4 Å². The first-order valence-corrected chi connectivity index (χ1v) is 10.9. The van der Waals surface area contributed by atoms with Crippen molar-refractivity contribution in [3.8, 4) is 11.5 Å². The van der Waals surface area contributed by atoms with E-state index in [1.54, 1.807) is 30.7 Å². The van der Waals surface area contributed by atoms with Crippen molar-refractivity contribution in [3.05, 3.63) is 59.1 Å². The van der Waals surface area contributed by atoms with Crippen molar-refractivity contribution in [1.82, 2.24) is 14.8 Å². The number of benzene rings is 2. The van der Waals surface area contributed by atoms with E-state index in [-0.39, 0.29) is 16.7 Å². The molecular formula is C21H22ClFN4O3S. The second-order valence-corrected chi connectivity index (χ2v) is 7.85. The van der Waals surface area contributed by atoms with Gasteiger partial charge in [0.2, 0.25) is 5.91 Å². The quantitative estimate of drug-likeness (QED) is 0.455. The average molecular weight is 465 g/mol. The van der Waals surface area contributed by atoms with Crippen LogP contribution in [0.25, 0.3) is 0 Å². The van der Waals surface area contributed by atoms with E-state index in [4.69, 9.17) is 21.1 Å². The normalized spacial score (nSPS) is 11.8. The van der Waals surface area contributed by atoms with Gasteiger partial charge >= 0.3 is 0 Å². The molecule has 0 aliphatic carbocycles. The number of para-hydroxylation sites is 2. The first-order chi connectivity index (χ1) is 14.9. The molecule has 164 valence electrons. The Balaban J connectivity index is 1.60. The predicted octanol–water partition coefficient (Wildman–Crippen LogP) is 4.88. The molecule has 0 bridgehead atoms. The minimum Gasteiger partial charge on any atom is -0.492 e. The summed E-state index contributed by atoms with van der Waals surface area (Å²) in [6.07, 6.45) is -0.485. The van der Waals surface area contributed by atoms with Crippen LogP contribution in [0.4, 0.5) is 10.1 Å². The van der Waals surface area contributed by atoms with Crippen LogP contribution in [0.2, 0.25) is 5.02 Å². The Hall–Kier alpha value is -2.78. The SMILES string of the molecule is CCOc1ccccc1NC(=O)CSc1nnc(C(C)Oc2ccc(F)cc2Cl)n1C. The standard InChI is InChI=1S/C21H22ClFN4O3S/c1-4-29-18-8-6-5-7-16(18)24-19(28)12-31-21-26-25-20(27(21)3)13(2)30-17-10-9-14(23)11-15(17)22/h5-11,13H,4,12H2,1-3H3,(H,24,28). The highest BCUT2D eigenvalue weighted by molar-refractivity contribution is 7.99. The van der Waals surface area contributed by atoms with Crippen LogP contribution in [-0.2, 0) is 11.8 Å². The van der Waals surface area contributed by atoms with Crippen LogP contribution in [-0.4, -0.2) is 33.0 Å². The summed E-state index contributed by atoms with van der Waals surface area (Å²) in [5.41, 5.74) is 0.617. The molecule has 7 nitrogen and oxygen atoms in total. The minimum atomic E-state index is -0.485. The number of nitrogens with one attached hydrogen (secondary N) is 1. The number of carbonyl (C=O) groups is 1. The first-order valence-electron chi connectivity index (χ1n) is 9.54. The van der Waals surface area contributed by atoms with Crippen LogP contribution in [0.3, 0.4) is 0 Å². The van der Waals surface area contributed by atoms with Gasteiger partial charge in [0.05, 0.1) is 23.1 Å². The molecule has 1 N–H and O–H groups in total. The Morgan fingerprint density at radius 1 is 1.26 bits per heavy atom. The van der Waals surface area contributed by atoms with Gasteiger partial charge in [-0.3, -0.25) is 4.79 Å². The van der Waals surface area contributed by atoms with Gasteiger partial charge in [-0.05, 0) is 44.2 Å². The highest BCUT2D eigenvalue weighted by Gasteiger charge is 2.19. The van der Waals surface area contributed by atoms with Gasteiger partial charge in [-0.25, -0.2) is 4.39 Å². The summed E-state index contributed by atoms with van der Waals surface area (Å²) in [6.45, 7) is 4.18. The van der Waals surface area contributed by atoms with Gasteiger partial charge < -0.3 is 19.4 Å². The van der Waals surface area contributed by atoms with Crippen molar-refractivity contribution in [1.29, 1.82) is 0 Å². The molecule has 0 aliphatic rings. The summed E-state index contributed by atoms with van der Waals surface area (Å²) in [5, 5.41) is 11.9. The first kappa shape index (κ1) is 22.9. The van der Waals surface area contributed by atoms with E-state index in [1.807, 2.05) is 19.1 Å². The lowest BCUT2D eigenvalue weighted by Gasteiger charge is -2.15. The lowest BCUT2D eigenvalue weighted by atomic mass is 10.3. The van der Waals surface area contributed by atoms with Crippen LogP contribution in [0.1, 0.15) is 25.8 Å². The lowest BCUT2D eigenvalue weighted by Crippen LogP contribution is -2.15. The van der Waals surface area contributed by atoms with Crippen molar-refractivity contribution >= 4 is 35.0 Å². The zero-order valence-electron chi connectivity index (χ0n) is 17.3. The Morgan fingerprint density at radius 3 is 2.77 bits per heavy atom. The monoisotopic (exact) mass is 464 g/mol. The Labute approximate surface area is 188 Å². The zero-order valence-corrected chi connectivity index (χ0v) is 18.8. The fourth-order valence-electron chi connectivity index (χ4n) is 2.79. The summed E-state index contributed by atoms with van der Waals surface area (Å²) >= 11 is 7.27. The van der Waals surface area contributed by atoms with Crippen molar-refractivity contribution in [3.63, 3.8) is 0 Å². The third-order valence-electron chi connectivity index (χ3n) is 4.22. The van der Waals surface area contributed by atoms with Crippen LogP contribution in [0, 0.1) is 5.82 Å². The Kier molecular flexibility index (Phi) is 7.75. The summed E-state index contributed by atoms with van der Waals surface area (Å²) in [4.78, 5) is 12.4. The fraction of sp³-hybridized carbons (Fsp3) is 0.286. The predicted molar refractivity (Wildman–Crippen MR) is 118 cm³/mol. The van der Waals surface area contributed by atoms with E-state index in [9.17, 15) is 9.18 Å². The Bertz CT molecular complexity index is 1060. The third kappa shape index (κ3) is 5.89. The molecule has 0 fully saturated rings. The van der Waals surface area contributed by atoms with Gasteiger partial charge in [0.15, 0.2) is 17.1 Å². The number of thioether (sulfide) groups is 1. The highest BCUT2D eigenvalue weighted by Crippen LogP contribution is 2.30. The van der Waals surface area contributed by atoms with E-state index in [0.29, 0.717) is 34.8 Å². The van der Waals surface area contributed by atoms with E-state index in [1.165, 1.54) is 30.0 Å². The summed E-state index contributed by atoms with van der Waals surface area (Å²) in [6, 6.07) is 11.2. The van der Waals surface area contributed by atoms with E-state index in [0.717, 1.165) is 0 Å². The number of amides is 1. The van der Waals surface area contributed by atoms with Gasteiger partial charge in [-0.1, -0.05) is 35.5 Å². The van der Waals surface area contributed by atoms with Gasteiger partial charge in [0, 0.05) is 7.05 Å². The maximum Gasteiger partial charge on any atom is 0.234 e. The maximum atomic E-state index is 13.2. The van der Waals surface area contributed by atoms with Crippen LogP contribution < -0.4 is 14.8 Å². The molecule has 1 amide bonds. The number of carbonyl (C=O) groups excluding carboxylic acids is 1. The molecule has 1 heterocycles. The van der Waals surface area contributed by atoms with E-state index >= 15 is 0 Å². The number of rotatable bonds is 9. The molecular weight excluding hydrogens is 443 g/mol. The van der Waals surface area contributed by atoms with Crippen LogP contribution in [0.15, 0.2) is 47.6 Å². The smallest absolute Gasteiger partial charge is 0.234 e. The van der Waals surface area contributed by atoms with Gasteiger partial charge in [-0.15, -0.1) is 10.2 Å². The number of ether oxygens (including phenoxy) is 2. The van der Waals surface area contributed by atoms with Crippen molar-refractivity contribution in [2.75, 3.05) is 17.7 Å². The highest BCUT2D eigenvalue weighted by atomic mass is 35.5. The summed E-state index contributed by atoms with van der Waals surface area (Å²) in [5.74, 6) is 1.03. The van der Waals surface area contributed by atoms with E-state index < -0.39 is 11.9 Å². The van der Waals surface area contributed by atoms with Gasteiger partial charge in [0.1, 0.15) is 17.3 Å². The largest absolute Gasteiger partial charge is 0.492 e. The fourth-order valence-corrected chi connectivity index (χ4v) is 3.72. The molecule has 3 rings (SSSR count). The van der Waals surface area contributed by atoms with Crippen LogP contribution in [0.5, 0.6) is 11.5 Å². The lowest BCUT2D eigenvalue weighted by molar-refractivity contribution is -0.113. The molecule has 3 aromatic rings. The van der Waals surface area contributed by atoms with Crippen molar-refractivity contribution < 1.29 is 18.7 Å². The molecule has 0 spiro atoms. The summed E-state index contributed by atoms with van der Waals surface area (Å²) < 4.78 is 26.3. The van der Waals surface area contributed by atoms with E-state index in [2.05, 4.69) is 15.5 Å². The number of nitrogens with zero attached hydrogens (tertiary/aromatic N) is 3. The number of aromatic nitrogens is 3. The maximum absolute atomic E-state index is 13.2. The number of hydrogen-bond donors (Lipinski definition) is 1. The molecule has 0 saturated carbocycles. The second-order valence-electron chi connectivity index (χ2n) is 6.50. The minimum absolute atomic E-state index is 0.144. The third-order valence-corrected chi connectivity index (χ3v) is 5.54. The topological polar surface area (TPSA) is 78.3 Å². The average Bonchev–Trinajstić information content (AvgIpc) is 3.10. The number of hydrogen-bond acceptors (Lipinski definition) is 6.